The summed E-state index contributed by atoms with van der Waals surface area (Å²) in [6, 6.07) is 8.47. The van der Waals surface area contributed by atoms with Crippen LogP contribution in [0.2, 0.25) is 0 Å². The van der Waals surface area contributed by atoms with Gasteiger partial charge in [-0.15, -0.1) is 11.3 Å². The number of hydrogen-bond donors (Lipinski definition) is 2. The second kappa shape index (κ2) is 8.04. The normalized spacial score (nSPS) is 11.6. The van der Waals surface area contributed by atoms with Gasteiger partial charge in [0.15, 0.2) is 10.9 Å². The zero-order valence-corrected chi connectivity index (χ0v) is 15.8. The fourth-order valence-corrected chi connectivity index (χ4v) is 3.53. The van der Waals surface area contributed by atoms with E-state index in [0.717, 1.165) is 17.4 Å². The Morgan fingerprint density at radius 1 is 1.25 bits per heavy atom. The number of aromatic nitrogens is 1. The summed E-state index contributed by atoms with van der Waals surface area (Å²) in [7, 11) is -2.60. The maximum Gasteiger partial charge on any atom is 0.387 e. The number of anilines is 1. The van der Waals surface area contributed by atoms with Crippen molar-refractivity contribution in [1.29, 1.82) is 0 Å². The number of carbonyl (C=O) groups excluding carboxylic acids is 1. The number of benzene rings is 1. The van der Waals surface area contributed by atoms with E-state index in [0.29, 0.717) is 11.3 Å². The quantitative estimate of drug-likeness (QED) is 0.597. The largest absolute Gasteiger partial charge is 0.438 e. The van der Waals surface area contributed by atoms with Crippen molar-refractivity contribution in [3.05, 3.63) is 47.5 Å². The van der Waals surface area contributed by atoms with Gasteiger partial charge in [-0.2, -0.15) is 8.78 Å². The van der Waals surface area contributed by atoms with Gasteiger partial charge in [-0.3, -0.25) is 10.1 Å². The molecular weight excluding hydrogens is 416 g/mol. The third kappa shape index (κ3) is 4.35. The summed E-state index contributed by atoms with van der Waals surface area (Å²) >= 11 is 1.05. The molecule has 0 bridgehead atoms. The van der Waals surface area contributed by atoms with Gasteiger partial charge >= 0.3 is 6.61 Å². The molecule has 0 aliphatic rings. The van der Waals surface area contributed by atoms with Crippen LogP contribution in [0.3, 0.4) is 0 Å². The van der Waals surface area contributed by atoms with Crippen LogP contribution in [0, 0.1) is 0 Å². The first-order valence-corrected chi connectivity index (χ1v) is 10.0. The lowest BCUT2D eigenvalue weighted by molar-refractivity contribution is -0.0494. The molecule has 0 saturated heterocycles. The fourth-order valence-electron chi connectivity index (χ4n) is 2.18. The van der Waals surface area contributed by atoms with Crippen LogP contribution >= 0.6 is 11.3 Å². The van der Waals surface area contributed by atoms with Gasteiger partial charge in [0.2, 0.25) is 5.09 Å². The molecule has 8 nitrogen and oxygen atoms in total. The summed E-state index contributed by atoms with van der Waals surface area (Å²) in [6.45, 7) is -2.99. The molecule has 2 aromatic heterocycles. The first-order chi connectivity index (χ1) is 13.3. The van der Waals surface area contributed by atoms with Crippen molar-refractivity contribution in [2.45, 2.75) is 11.7 Å². The molecule has 3 aromatic rings. The summed E-state index contributed by atoms with van der Waals surface area (Å²) in [5.74, 6) is -0.990. The molecule has 0 radical (unpaired) electrons. The number of para-hydroxylation sites is 1. The van der Waals surface area contributed by atoms with E-state index >= 15 is 0 Å². The van der Waals surface area contributed by atoms with Gasteiger partial charge in [0.25, 0.3) is 15.9 Å². The third-order valence-corrected chi connectivity index (χ3v) is 5.49. The molecule has 0 aliphatic heterocycles. The lowest BCUT2D eigenvalue weighted by Crippen LogP contribution is -2.18. The molecule has 28 heavy (non-hydrogen) atoms. The van der Waals surface area contributed by atoms with Gasteiger partial charge in [-0.1, -0.05) is 12.1 Å². The highest BCUT2D eigenvalue weighted by molar-refractivity contribution is 7.89. The monoisotopic (exact) mass is 429 g/mol. The lowest BCUT2D eigenvalue weighted by Gasteiger charge is -2.08. The molecule has 0 aliphatic carbocycles. The van der Waals surface area contributed by atoms with Crippen LogP contribution in [-0.4, -0.2) is 33.0 Å². The molecule has 1 amide bonds. The van der Waals surface area contributed by atoms with Gasteiger partial charge in [-0.05, 0) is 31.3 Å². The molecule has 2 heterocycles. The average Bonchev–Trinajstić information content (AvgIpc) is 3.31. The number of hydrogen-bond acceptors (Lipinski definition) is 7. The number of halogens is 2. The summed E-state index contributed by atoms with van der Waals surface area (Å²) in [6.07, 6.45) is 0. The Labute approximate surface area is 162 Å². The number of amides is 1. The molecule has 0 saturated carbocycles. The first kappa shape index (κ1) is 19.9. The molecule has 148 valence electrons. The summed E-state index contributed by atoms with van der Waals surface area (Å²) in [4.78, 5) is 16.4. The van der Waals surface area contributed by atoms with E-state index in [1.807, 2.05) is 0 Å². The number of nitrogens with zero attached hydrogens (tertiary/aromatic N) is 1. The number of sulfonamides is 1. The SMILES string of the molecule is CNS(=O)(=O)c1ccc(C(=O)Nc2nc(-c3ccccc3OC(F)F)cs2)o1. The van der Waals surface area contributed by atoms with Crippen LogP contribution in [0.1, 0.15) is 10.6 Å². The number of carbonyl (C=O) groups is 1. The molecule has 0 unspecified atom stereocenters. The van der Waals surface area contributed by atoms with Crippen molar-refractivity contribution in [2.24, 2.45) is 0 Å². The van der Waals surface area contributed by atoms with E-state index in [1.165, 1.54) is 19.2 Å². The maximum atomic E-state index is 12.5. The van der Waals surface area contributed by atoms with Crippen molar-refractivity contribution in [1.82, 2.24) is 9.71 Å². The van der Waals surface area contributed by atoms with Gasteiger partial charge in [0, 0.05) is 10.9 Å². The molecule has 1 aromatic carbocycles. The zero-order valence-electron chi connectivity index (χ0n) is 14.2. The van der Waals surface area contributed by atoms with Crippen LogP contribution in [0.5, 0.6) is 5.75 Å². The summed E-state index contributed by atoms with van der Waals surface area (Å²) in [5.41, 5.74) is 0.661. The number of furan rings is 1. The minimum Gasteiger partial charge on any atom is -0.438 e. The molecule has 12 heteroatoms. The molecule has 0 atom stereocenters. The predicted octanol–water partition coefficient (Wildman–Crippen LogP) is 3.16. The number of alkyl halides is 2. The molecule has 2 N–H and O–H groups in total. The van der Waals surface area contributed by atoms with Crippen LogP contribution < -0.4 is 14.8 Å². The van der Waals surface area contributed by atoms with Crippen molar-refractivity contribution in [3.63, 3.8) is 0 Å². The first-order valence-electron chi connectivity index (χ1n) is 7.64. The topological polar surface area (TPSA) is 111 Å². The van der Waals surface area contributed by atoms with Crippen LogP contribution in [0.4, 0.5) is 13.9 Å². The highest BCUT2D eigenvalue weighted by atomic mass is 32.2. The fraction of sp³-hybridized carbons (Fsp3) is 0.125. The van der Waals surface area contributed by atoms with E-state index in [9.17, 15) is 22.0 Å². The summed E-state index contributed by atoms with van der Waals surface area (Å²) in [5, 5.41) is 3.78. The molecule has 0 fully saturated rings. The van der Waals surface area contributed by atoms with Crippen molar-refractivity contribution < 1.29 is 31.1 Å². The zero-order chi connectivity index (χ0) is 20.3. The maximum absolute atomic E-state index is 12.5. The highest BCUT2D eigenvalue weighted by Crippen LogP contribution is 2.33. The van der Waals surface area contributed by atoms with E-state index in [1.54, 1.807) is 23.6 Å². The van der Waals surface area contributed by atoms with Gasteiger partial charge < -0.3 is 9.15 Å². The Kier molecular flexibility index (Phi) is 5.72. The minimum absolute atomic E-state index is 0.0476. The number of ether oxygens (including phenoxy) is 1. The number of rotatable bonds is 7. The Balaban J connectivity index is 1.78. The average molecular weight is 429 g/mol. The Morgan fingerprint density at radius 3 is 2.71 bits per heavy atom. The van der Waals surface area contributed by atoms with Crippen LogP contribution in [-0.2, 0) is 10.0 Å². The summed E-state index contributed by atoms with van der Waals surface area (Å²) < 4.78 is 60.0. The Hall–Kier alpha value is -2.83. The number of thiazole rings is 1. The minimum atomic E-state index is -3.82. The second-order valence-corrected chi connectivity index (χ2v) is 7.87. The molecular formula is C16H13F2N3O5S2. The van der Waals surface area contributed by atoms with E-state index in [-0.39, 0.29) is 16.6 Å². The smallest absolute Gasteiger partial charge is 0.387 e. The van der Waals surface area contributed by atoms with Crippen molar-refractivity contribution >= 4 is 32.4 Å². The van der Waals surface area contributed by atoms with Gasteiger partial charge in [0.05, 0.1) is 5.69 Å². The third-order valence-electron chi connectivity index (χ3n) is 3.44. The Morgan fingerprint density at radius 2 is 2.00 bits per heavy atom. The van der Waals surface area contributed by atoms with E-state index < -0.39 is 27.6 Å². The Bertz CT molecular complexity index is 1100. The van der Waals surface area contributed by atoms with Crippen molar-refractivity contribution in [2.75, 3.05) is 12.4 Å². The molecule has 3 rings (SSSR count). The molecule has 0 spiro atoms. The second-order valence-electron chi connectivity index (χ2n) is 5.19. The van der Waals surface area contributed by atoms with Crippen molar-refractivity contribution in [3.8, 4) is 17.0 Å². The highest BCUT2D eigenvalue weighted by Gasteiger charge is 2.20. The standard InChI is InChI=1S/C16H13F2N3O5S2/c1-19-28(23,24)13-7-6-12(25-13)14(22)21-16-20-10(8-27-16)9-4-2-3-5-11(9)26-15(17)18/h2-8,15,19H,1H3,(H,20,21,22). The predicted molar refractivity (Wildman–Crippen MR) is 97.1 cm³/mol. The van der Waals surface area contributed by atoms with Crippen LogP contribution in [0.15, 0.2) is 51.3 Å². The van der Waals surface area contributed by atoms with E-state index in [2.05, 4.69) is 19.8 Å². The van der Waals surface area contributed by atoms with Gasteiger partial charge in [0.1, 0.15) is 5.75 Å². The lowest BCUT2D eigenvalue weighted by atomic mass is 10.1. The van der Waals surface area contributed by atoms with Gasteiger partial charge in [-0.25, -0.2) is 18.1 Å². The number of nitrogens with one attached hydrogen (secondary N) is 2. The van der Waals surface area contributed by atoms with E-state index in [4.69, 9.17) is 4.42 Å². The van der Waals surface area contributed by atoms with Crippen LogP contribution in [0.25, 0.3) is 11.3 Å².